The van der Waals surface area contributed by atoms with E-state index < -0.39 is 28.9 Å². The van der Waals surface area contributed by atoms with Crippen molar-refractivity contribution in [3.63, 3.8) is 0 Å². The molecule has 2 aliphatic carbocycles. The fourth-order valence-corrected chi connectivity index (χ4v) is 5.55. The van der Waals surface area contributed by atoms with Crippen molar-refractivity contribution < 1.29 is 26.7 Å². The van der Waals surface area contributed by atoms with Gasteiger partial charge in [-0.25, -0.2) is 4.39 Å². The normalized spacial score (nSPS) is 23.8. The van der Waals surface area contributed by atoms with Crippen molar-refractivity contribution in [3.05, 3.63) is 34.4 Å². The minimum absolute atomic E-state index is 0.0257. The molecule has 1 nitrogen and oxygen atoms in total. The summed E-state index contributed by atoms with van der Waals surface area (Å²) in [5, 5.41) is 0. The fraction of sp³-hybridized carbons (Fsp3) is 0.692. The molecular formula is C26H35F5O. The Morgan fingerprint density at radius 3 is 2.09 bits per heavy atom. The Hall–Kier alpha value is -1.59. The number of allylic oxidation sites excluding steroid dienone is 2. The Morgan fingerprint density at radius 1 is 0.938 bits per heavy atom. The SMILES string of the molecule is CC/C(C)=C(\c1c(C)cc(OCC2CCC(C3CCCCC3)CC2)c(F)c1F)C(F)(F)F. The second-order valence-corrected chi connectivity index (χ2v) is 9.69. The summed E-state index contributed by atoms with van der Waals surface area (Å²) in [6, 6.07) is 1.20. The minimum Gasteiger partial charge on any atom is -0.490 e. The Morgan fingerprint density at radius 2 is 1.53 bits per heavy atom. The molecule has 180 valence electrons. The van der Waals surface area contributed by atoms with E-state index >= 15 is 0 Å². The van der Waals surface area contributed by atoms with Crippen molar-refractivity contribution in [1.82, 2.24) is 0 Å². The maximum Gasteiger partial charge on any atom is 0.417 e. The van der Waals surface area contributed by atoms with E-state index in [-0.39, 0.29) is 35.8 Å². The molecule has 0 aromatic heterocycles. The lowest BCUT2D eigenvalue weighted by atomic mass is 9.71. The van der Waals surface area contributed by atoms with Gasteiger partial charge in [-0.1, -0.05) is 44.6 Å². The molecule has 1 aromatic carbocycles. The second kappa shape index (κ2) is 10.6. The number of rotatable bonds is 6. The first kappa shape index (κ1) is 25.0. The van der Waals surface area contributed by atoms with Gasteiger partial charge in [-0.05, 0) is 75.3 Å². The van der Waals surface area contributed by atoms with E-state index in [1.165, 1.54) is 52.0 Å². The highest BCUT2D eigenvalue weighted by Gasteiger charge is 2.39. The lowest BCUT2D eigenvalue weighted by Crippen LogP contribution is -2.26. The molecule has 2 aliphatic rings. The van der Waals surface area contributed by atoms with Gasteiger partial charge in [0, 0.05) is 5.56 Å². The fourth-order valence-electron chi connectivity index (χ4n) is 5.55. The van der Waals surface area contributed by atoms with Gasteiger partial charge in [-0.2, -0.15) is 17.6 Å². The monoisotopic (exact) mass is 458 g/mol. The van der Waals surface area contributed by atoms with Crippen LogP contribution >= 0.6 is 0 Å². The molecule has 6 heteroatoms. The lowest BCUT2D eigenvalue weighted by molar-refractivity contribution is -0.0697. The summed E-state index contributed by atoms with van der Waals surface area (Å²) in [5.41, 5.74) is -1.81. The van der Waals surface area contributed by atoms with E-state index in [9.17, 15) is 22.0 Å². The van der Waals surface area contributed by atoms with Crippen LogP contribution in [0.25, 0.3) is 5.57 Å². The quantitative estimate of drug-likeness (QED) is 0.387. The van der Waals surface area contributed by atoms with Crippen LogP contribution in [0, 0.1) is 36.3 Å². The third-order valence-electron chi connectivity index (χ3n) is 7.54. The molecule has 0 heterocycles. The van der Waals surface area contributed by atoms with Crippen molar-refractivity contribution in [2.45, 2.75) is 91.2 Å². The molecule has 0 aliphatic heterocycles. The molecule has 0 saturated heterocycles. The van der Waals surface area contributed by atoms with Gasteiger partial charge in [0.05, 0.1) is 12.2 Å². The van der Waals surface area contributed by atoms with Crippen molar-refractivity contribution in [2.75, 3.05) is 6.61 Å². The number of alkyl halides is 3. The average molecular weight is 459 g/mol. The molecule has 1 aromatic rings. The summed E-state index contributed by atoms with van der Waals surface area (Å²) in [6.07, 6.45) is 6.27. The highest BCUT2D eigenvalue weighted by Crippen LogP contribution is 2.43. The van der Waals surface area contributed by atoms with E-state index in [2.05, 4.69) is 0 Å². The van der Waals surface area contributed by atoms with Crippen LogP contribution in [0.1, 0.15) is 89.2 Å². The Balaban J connectivity index is 1.69. The van der Waals surface area contributed by atoms with Gasteiger partial charge in [-0.3, -0.25) is 0 Å². The van der Waals surface area contributed by atoms with Crippen molar-refractivity contribution in [1.29, 1.82) is 0 Å². The molecule has 3 rings (SSSR count). The molecular weight excluding hydrogens is 423 g/mol. The second-order valence-electron chi connectivity index (χ2n) is 9.69. The van der Waals surface area contributed by atoms with E-state index in [1.807, 2.05) is 0 Å². The van der Waals surface area contributed by atoms with Gasteiger partial charge in [0.15, 0.2) is 11.6 Å². The largest absolute Gasteiger partial charge is 0.490 e. The maximum atomic E-state index is 14.8. The molecule has 32 heavy (non-hydrogen) atoms. The Kier molecular flexibility index (Phi) is 8.26. The zero-order valence-corrected chi connectivity index (χ0v) is 19.4. The average Bonchev–Trinajstić information content (AvgIpc) is 2.77. The van der Waals surface area contributed by atoms with Crippen LogP contribution < -0.4 is 4.74 Å². The van der Waals surface area contributed by atoms with Crippen LogP contribution in [0.2, 0.25) is 0 Å². The zero-order chi connectivity index (χ0) is 23.5. The van der Waals surface area contributed by atoms with E-state index in [0.29, 0.717) is 0 Å². The molecule has 0 unspecified atom stereocenters. The van der Waals surface area contributed by atoms with Crippen LogP contribution in [0.4, 0.5) is 22.0 Å². The number of halogens is 5. The van der Waals surface area contributed by atoms with Crippen molar-refractivity contribution in [2.24, 2.45) is 17.8 Å². The summed E-state index contributed by atoms with van der Waals surface area (Å²) in [5.74, 6) is -1.26. The molecule has 0 N–H and O–H groups in total. The van der Waals surface area contributed by atoms with E-state index in [1.54, 1.807) is 6.92 Å². The summed E-state index contributed by atoms with van der Waals surface area (Å²) in [4.78, 5) is 0. The lowest BCUT2D eigenvalue weighted by Gasteiger charge is -2.35. The van der Waals surface area contributed by atoms with Crippen LogP contribution in [0.3, 0.4) is 0 Å². The van der Waals surface area contributed by atoms with Crippen molar-refractivity contribution in [3.8, 4) is 5.75 Å². The highest BCUT2D eigenvalue weighted by atomic mass is 19.4. The maximum absolute atomic E-state index is 14.8. The zero-order valence-electron chi connectivity index (χ0n) is 19.4. The van der Waals surface area contributed by atoms with Gasteiger partial charge in [-0.15, -0.1) is 0 Å². The van der Waals surface area contributed by atoms with Gasteiger partial charge in [0.1, 0.15) is 0 Å². The third-order valence-corrected chi connectivity index (χ3v) is 7.54. The standard InChI is InChI=1S/C26H35F5O/c1-4-16(2)23(26(29,30)31)22-17(3)14-21(24(27)25(22)28)32-15-18-10-12-20(13-11-18)19-8-6-5-7-9-19/h14,18-20H,4-13,15H2,1-3H3/b23-16+. The number of hydrogen-bond donors (Lipinski definition) is 0. The Bertz CT molecular complexity index is 812. The summed E-state index contributed by atoms with van der Waals surface area (Å²) < 4.78 is 76.0. The first-order valence-corrected chi connectivity index (χ1v) is 12.0. The van der Waals surface area contributed by atoms with Crippen LogP contribution in [0.15, 0.2) is 11.6 Å². The number of benzene rings is 1. The predicted molar refractivity (Wildman–Crippen MR) is 118 cm³/mol. The molecule has 0 amide bonds. The molecule has 0 spiro atoms. The Labute approximate surface area is 188 Å². The van der Waals surface area contributed by atoms with Gasteiger partial charge >= 0.3 is 6.18 Å². The summed E-state index contributed by atoms with van der Waals surface area (Å²) >= 11 is 0. The molecule has 2 saturated carbocycles. The smallest absolute Gasteiger partial charge is 0.417 e. The first-order chi connectivity index (χ1) is 15.1. The predicted octanol–water partition coefficient (Wildman–Crippen LogP) is 8.78. The van der Waals surface area contributed by atoms with Gasteiger partial charge < -0.3 is 4.74 Å². The molecule has 0 radical (unpaired) electrons. The molecule has 2 fully saturated rings. The third kappa shape index (κ3) is 5.66. The summed E-state index contributed by atoms with van der Waals surface area (Å²) in [7, 11) is 0. The minimum atomic E-state index is -4.77. The molecule has 0 bridgehead atoms. The van der Waals surface area contributed by atoms with Crippen LogP contribution in [-0.4, -0.2) is 12.8 Å². The van der Waals surface area contributed by atoms with Crippen molar-refractivity contribution >= 4 is 5.57 Å². The number of aryl methyl sites for hydroxylation is 1. The topological polar surface area (TPSA) is 9.23 Å². The number of hydrogen-bond acceptors (Lipinski definition) is 1. The van der Waals surface area contributed by atoms with E-state index in [4.69, 9.17) is 4.74 Å². The van der Waals surface area contributed by atoms with Gasteiger partial charge in [0.25, 0.3) is 0 Å². The van der Waals surface area contributed by atoms with Crippen LogP contribution in [0.5, 0.6) is 5.75 Å². The molecule has 0 atom stereocenters. The first-order valence-electron chi connectivity index (χ1n) is 12.0. The number of ether oxygens (including phenoxy) is 1. The van der Waals surface area contributed by atoms with E-state index in [0.717, 1.165) is 37.5 Å². The van der Waals surface area contributed by atoms with Gasteiger partial charge in [0.2, 0.25) is 5.82 Å². The summed E-state index contributed by atoms with van der Waals surface area (Å²) in [6.45, 7) is 4.50. The highest BCUT2D eigenvalue weighted by molar-refractivity contribution is 5.75. The van der Waals surface area contributed by atoms with Crippen LogP contribution in [-0.2, 0) is 0 Å².